The highest BCUT2D eigenvalue weighted by Gasteiger charge is 2.65. The van der Waals surface area contributed by atoms with Gasteiger partial charge in [0.25, 0.3) is 0 Å². The summed E-state index contributed by atoms with van der Waals surface area (Å²) in [7, 11) is 3.32. The summed E-state index contributed by atoms with van der Waals surface area (Å²) >= 11 is 0. The van der Waals surface area contributed by atoms with Crippen molar-refractivity contribution in [1.29, 1.82) is 0 Å². The number of hydrogen-bond acceptors (Lipinski definition) is 5. The van der Waals surface area contributed by atoms with Crippen LogP contribution in [0.15, 0.2) is 108 Å². The van der Waals surface area contributed by atoms with Crippen LogP contribution in [0.4, 0.5) is 11.4 Å². The lowest BCUT2D eigenvalue weighted by atomic mass is 9.65. The molecule has 0 unspecified atom stereocenters. The Bertz CT molecular complexity index is 1830. The van der Waals surface area contributed by atoms with E-state index in [0.29, 0.717) is 50.7 Å². The van der Waals surface area contributed by atoms with Crippen molar-refractivity contribution in [3.63, 3.8) is 0 Å². The fraction of sp³-hybridized carbons (Fsp3) is 0.0882. The molecule has 4 aromatic carbocycles. The first kappa shape index (κ1) is 22.7. The molecule has 1 spiro atoms. The summed E-state index contributed by atoms with van der Waals surface area (Å²) in [6.45, 7) is 0. The molecule has 8 rings (SSSR count). The molecule has 2 aliphatic heterocycles. The molecular weight excluding hydrogens is 500 g/mol. The second-order valence-corrected chi connectivity index (χ2v) is 10.4. The summed E-state index contributed by atoms with van der Waals surface area (Å²) in [6.07, 6.45) is 0. The Balaban J connectivity index is 1.57. The lowest BCUT2D eigenvalue weighted by molar-refractivity contribution is -0.120. The summed E-state index contributed by atoms with van der Waals surface area (Å²) in [6, 6.07) is 29.9. The third kappa shape index (κ3) is 2.47. The second kappa shape index (κ2) is 7.67. The first-order valence-electron chi connectivity index (χ1n) is 13.1. The summed E-state index contributed by atoms with van der Waals surface area (Å²) in [5.41, 5.74) is 4.96. The van der Waals surface area contributed by atoms with Crippen molar-refractivity contribution in [3.8, 4) is 5.75 Å². The SMILES string of the molecule is COc1ccc(N2C3=C(C(=O)c4ccccc43)C3(C(=O)N(C)c4ccccc43)C3=C2c2ccccc2C3=O)cc1. The predicted octanol–water partition coefficient (Wildman–Crippen LogP) is 5.64. The zero-order valence-electron chi connectivity index (χ0n) is 21.8. The number of anilines is 2. The second-order valence-electron chi connectivity index (χ2n) is 10.4. The number of ether oxygens (including phenoxy) is 1. The van der Waals surface area contributed by atoms with Crippen LogP contribution in [0, 0.1) is 0 Å². The van der Waals surface area contributed by atoms with Crippen molar-refractivity contribution < 1.29 is 19.1 Å². The smallest absolute Gasteiger partial charge is 0.246 e. The van der Waals surface area contributed by atoms with Crippen LogP contribution in [0.3, 0.4) is 0 Å². The van der Waals surface area contributed by atoms with Gasteiger partial charge in [0.05, 0.1) is 18.5 Å². The Kier molecular flexibility index (Phi) is 4.36. The van der Waals surface area contributed by atoms with Gasteiger partial charge in [0.15, 0.2) is 11.6 Å². The van der Waals surface area contributed by atoms with Gasteiger partial charge in [0.1, 0.15) is 11.2 Å². The minimum atomic E-state index is -1.58. The van der Waals surface area contributed by atoms with E-state index >= 15 is 0 Å². The maximum Gasteiger partial charge on any atom is 0.246 e. The number of methoxy groups -OCH3 is 1. The van der Waals surface area contributed by atoms with E-state index < -0.39 is 5.41 Å². The van der Waals surface area contributed by atoms with Gasteiger partial charge in [-0.15, -0.1) is 0 Å². The fourth-order valence-corrected chi connectivity index (χ4v) is 6.96. The van der Waals surface area contributed by atoms with E-state index in [-0.39, 0.29) is 17.5 Å². The van der Waals surface area contributed by atoms with Crippen LogP contribution in [0.25, 0.3) is 11.4 Å². The Morgan fingerprint density at radius 1 is 0.625 bits per heavy atom. The number of fused-ring (bicyclic) bond motifs is 8. The predicted molar refractivity (Wildman–Crippen MR) is 152 cm³/mol. The molecule has 1 amide bonds. The minimum Gasteiger partial charge on any atom is -0.497 e. The highest BCUT2D eigenvalue weighted by Crippen LogP contribution is 2.63. The maximum absolute atomic E-state index is 14.7. The molecule has 4 aliphatic rings. The van der Waals surface area contributed by atoms with Crippen LogP contribution in [-0.4, -0.2) is 31.6 Å². The molecule has 6 nitrogen and oxygen atoms in total. The molecular formula is C34H22N2O4. The maximum atomic E-state index is 14.7. The molecule has 40 heavy (non-hydrogen) atoms. The van der Waals surface area contributed by atoms with E-state index in [9.17, 15) is 14.4 Å². The Morgan fingerprint density at radius 2 is 1.12 bits per heavy atom. The highest BCUT2D eigenvalue weighted by molar-refractivity contribution is 6.39. The quantitative estimate of drug-likeness (QED) is 0.341. The van der Waals surface area contributed by atoms with Crippen molar-refractivity contribution in [3.05, 3.63) is 136 Å². The Morgan fingerprint density at radius 3 is 1.68 bits per heavy atom. The van der Waals surface area contributed by atoms with Gasteiger partial charge in [-0.25, -0.2) is 0 Å². The highest BCUT2D eigenvalue weighted by atomic mass is 16.5. The van der Waals surface area contributed by atoms with Gasteiger partial charge < -0.3 is 14.5 Å². The molecule has 0 atom stereocenters. The van der Waals surface area contributed by atoms with Crippen LogP contribution in [0.2, 0.25) is 0 Å². The third-order valence-corrected chi connectivity index (χ3v) is 8.60. The third-order valence-electron chi connectivity index (χ3n) is 8.60. The van der Waals surface area contributed by atoms with E-state index in [1.54, 1.807) is 31.2 Å². The van der Waals surface area contributed by atoms with E-state index in [4.69, 9.17) is 4.74 Å². The van der Waals surface area contributed by atoms with E-state index in [0.717, 1.165) is 16.8 Å². The monoisotopic (exact) mass is 522 g/mol. The summed E-state index contributed by atoms with van der Waals surface area (Å²) in [5.74, 6) is -0.0888. The van der Waals surface area contributed by atoms with Crippen molar-refractivity contribution in [2.45, 2.75) is 5.41 Å². The van der Waals surface area contributed by atoms with Crippen LogP contribution < -0.4 is 14.5 Å². The fourth-order valence-electron chi connectivity index (χ4n) is 6.96. The number of benzene rings is 4. The number of ketones is 2. The summed E-state index contributed by atoms with van der Waals surface area (Å²) < 4.78 is 5.42. The van der Waals surface area contributed by atoms with E-state index in [1.165, 1.54) is 0 Å². The van der Waals surface area contributed by atoms with Crippen LogP contribution in [0.1, 0.15) is 37.4 Å². The van der Waals surface area contributed by atoms with E-state index in [2.05, 4.69) is 0 Å². The Labute approximate surface area is 230 Å². The first-order chi connectivity index (χ1) is 19.5. The van der Waals surface area contributed by atoms with Crippen LogP contribution >= 0.6 is 0 Å². The number of carbonyl (C=O) groups is 3. The topological polar surface area (TPSA) is 66.9 Å². The molecule has 0 saturated heterocycles. The molecule has 2 heterocycles. The number of amides is 1. The normalized spacial score (nSPS) is 17.8. The molecule has 2 aliphatic carbocycles. The molecule has 6 heteroatoms. The lowest BCUT2D eigenvalue weighted by Crippen LogP contribution is -2.48. The zero-order valence-corrected chi connectivity index (χ0v) is 21.8. The Hall–Kier alpha value is -5.23. The zero-order chi connectivity index (χ0) is 27.3. The summed E-state index contributed by atoms with van der Waals surface area (Å²) in [4.78, 5) is 47.2. The lowest BCUT2D eigenvalue weighted by Gasteiger charge is -2.41. The molecule has 4 aromatic rings. The van der Waals surface area contributed by atoms with Crippen molar-refractivity contribution in [2.24, 2.45) is 0 Å². The van der Waals surface area contributed by atoms with Gasteiger partial charge in [-0.1, -0.05) is 66.7 Å². The van der Waals surface area contributed by atoms with Gasteiger partial charge in [-0.05, 0) is 30.3 Å². The average Bonchev–Trinajstić information content (AvgIpc) is 3.55. The van der Waals surface area contributed by atoms with Gasteiger partial charge in [-0.2, -0.15) is 0 Å². The number of likely N-dealkylation sites (N-methyl/N-ethyl adjacent to an activating group) is 1. The summed E-state index contributed by atoms with van der Waals surface area (Å²) in [5, 5.41) is 0. The van der Waals surface area contributed by atoms with Gasteiger partial charge in [0, 0.05) is 57.4 Å². The number of para-hydroxylation sites is 1. The largest absolute Gasteiger partial charge is 0.497 e. The van der Waals surface area contributed by atoms with E-state index in [1.807, 2.05) is 89.8 Å². The molecule has 0 fully saturated rings. The molecule has 0 N–H and O–H groups in total. The molecule has 0 saturated carbocycles. The standard InChI is InChI=1S/C34H22N2O4/c1-35-26-14-8-7-13-25(26)34(33(35)39)27-29(21-9-3-5-11-23(21)31(27)37)36(19-15-17-20(40-2)18-16-19)30-22-10-4-6-12-24(22)32(38)28(30)34/h3-18H,1-2H3. The van der Waals surface area contributed by atoms with Gasteiger partial charge in [0.2, 0.25) is 5.91 Å². The molecule has 0 radical (unpaired) electrons. The van der Waals surface area contributed by atoms with Crippen molar-refractivity contribution in [1.82, 2.24) is 0 Å². The van der Waals surface area contributed by atoms with Crippen LogP contribution in [0.5, 0.6) is 5.75 Å². The average molecular weight is 523 g/mol. The number of hydrogen-bond donors (Lipinski definition) is 0. The van der Waals surface area contributed by atoms with Crippen molar-refractivity contribution in [2.75, 3.05) is 24.0 Å². The first-order valence-corrected chi connectivity index (χ1v) is 13.1. The molecule has 0 aromatic heterocycles. The molecule has 0 bridgehead atoms. The number of rotatable bonds is 2. The molecule has 192 valence electrons. The number of carbonyl (C=O) groups excluding carboxylic acids is 3. The van der Waals surface area contributed by atoms with Crippen LogP contribution in [-0.2, 0) is 10.2 Å². The van der Waals surface area contributed by atoms with Gasteiger partial charge in [-0.3, -0.25) is 14.4 Å². The minimum absolute atomic E-state index is 0.238. The van der Waals surface area contributed by atoms with Gasteiger partial charge >= 0.3 is 0 Å². The number of Topliss-reactive ketones (excluding diaryl/α,β-unsaturated/α-hetero) is 2. The number of nitrogens with zero attached hydrogens (tertiary/aromatic N) is 2. The van der Waals surface area contributed by atoms with Crippen molar-refractivity contribution >= 4 is 40.2 Å².